The lowest BCUT2D eigenvalue weighted by Crippen LogP contribution is -2.33. The normalized spacial score (nSPS) is 10.2. The third-order valence-corrected chi connectivity index (χ3v) is 3.78. The highest BCUT2D eigenvalue weighted by atomic mass is 35.5. The molecule has 0 saturated heterocycles. The number of carbonyl (C=O) groups is 1. The quantitative estimate of drug-likeness (QED) is 0.825. The molecule has 0 saturated carbocycles. The van der Waals surface area contributed by atoms with Gasteiger partial charge in [-0.3, -0.25) is 4.79 Å². The number of aryl methyl sites for hydroxylation is 1. The van der Waals surface area contributed by atoms with Crippen molar-refractivity contribution in [2.75, 3.05) is 19.7 Å². The van der Waals surface area contributed by atoms with Crippen molar-refractivity contribution >= 4 is 28.8 Å². The first-order valence-corrected chi connectivity index (χ1v) is 6.12. The van der Waals surface area contributed by atoms with Crippen LogP contribution in [0.3, 0.4) is 0 Å². The molecule has 0 aromatic carbocycles. The second-order valence-corrected chi connectivity index (χ2v) is 4.58. The fraction of sp³-hybridized carbons (Fsp3) is 0.364. The number of aliphatic hydroxyl groups is 1. The summed E-state index contributed by atoms with van der Waals surface area (Å²) in [4.78, 5) is 14.1. The van der Waals surface area contributed by atoms with E-state index >= 15 is 0 Å². The van der Waals surface area contributed by atoms with E-state index < -0.39 is 0 Å². The molecule has 16 heavy (non-hydrogen) atoms. The second-order valence-electron chi connectivity index (χ2n) is 3.33. The largest absolute Gasteiger partial charge is 0.395 e. The smallest absolute Gasteiger partial charge is 0.265 e. The van der Waals surface area contributed by atoms with Gasteiger partial charge >= 0.3 is 0 Å². The Balaban J connectivity index is 2.89. The average molecular weight is 260 g/mol. The van der Waals surface area contributed by atoms with Crippen LogP contribution in [0, 0.1) is 6.92 Å². The molecule has 88 valence electrons. The van der Waals surface area contributed by atoms with E-state index in [2.05, 4.69) is 6.58 Å². The Morgan fingerprint density at radius 2 is 2.44 bits per heavy atom. The molecule has 3 nitrogen and oxygen atoms in total. The van der Waals surface area contributed by atoms with E-state index in [4.69, 9.17) is 16.7 Å². The van der Waals surface area contributed by atoms with Crippen LogP contribution in [0.25, 0.3) is 0 Å². The van der Waals surface area contributed by atoms with Gasteiger partial charge in [0.1, 0.15) is 4.88 Å². The van der Waals surface area contributed by atoms with Crippen LogP contribution in [0.15, 0.2) is 18.0 Å². The lowest BCUT2D eigenvalue weighted by molar-refractivity contribution is 0.0748. The monoisotopic (exact) mass is 259 g/mol. The Hall–Kier alpha value is -0.840. The van der Waals surface area contributed by atoms with Crippen LogP contribution in [0.5, 0.6) is 0 Å². The topological polar surface area (TPSA) is 40.5 Å². The van der Waals surface area contributed by atoms with E-state index in [1.807, 2.05) is 12.3 Å². The van der Waals surface area contributed by atoms with Crippen molar-refractivity contribution in [1.29, 1.82) is 0 Å². The van der Waals surface area contributed by atoms with E-state index in [0.717, 1.165) is 5.56 Å². The number of carbonyl (C=O) groups excluding carboxylic acids is 1. The number of rotatable bonds is 5. The first kappa shape index (κ1) is 13.2. The maximum Gasteiger partial charge on any atom is 0.265 e. The van der Waals surface area contributed by atoms with Gasteiger partial charge in [0.2, 0.25) is 0 Å². The highest BCUT2D eigenvalue weighted by Crippen LogP contribution is 2.28. The molecule has 1 amide bonds. The molecule has 1 heterocycles. The summed E-state index contributed by atoms with van der Waals surface area (Å²) in [6.45, 7) is 6.07. The van der Waals surface area contributed by atoms with Gasteiger partial charge in [0, 0.05) is 13.1 Å². The SMILES string of the molecule is C=CCN(CCO)C(=O)c1scc(C)c1Cl. The molecule has 0 aliphatic heterocycles. The molecule has 0 atom stereocenters. The highest BCUT2D eigenvalue weighted by molar-refractivity contribution is 7.13. The van der Waals surface area contributed by atoms with Crippen LogP contribution in [0.4, 0.5) is 0 Å². The Morgan fingerprint density at radius 1 is 1.75 bits per heavy atom. The minimum absolute atomic E-state index is 0.0679. The van der Waals surface area contributed by atoms with Crippen LogP contribution < -0.4 is 0 Å². The van der Waals surface area contributed by atoms with Gasteiger partial charge in [0.15, 0.2) is 0 Å². The minimum Gasteiger partial charge on any atom is -0.395 e. The van der Waals surface area contributed by atoms with Gasteiger partial charge < -0.3 is 10.0 Å². The third-order valence-electron chi connectivity index (χ3n) is 2.10. The summed E-state index contributed by atoms with van der Waals surface area (Å²) in [6, 6.07) is 0. The zero-order chi connectivity index (χ0) is 12.1. The van der Waals surface area contributed by atoms with E-state index in [1.54, 1.807) is 6.08 Å². The van der Waals surface area contributed by atoms with Crippen LogP contribution in [0.1, 0.15) is 15.2 Å². The van der Waals surface area contributed by atoms with Crippen molar-refractivity contribution < 1.29 is 9.90 Å². The van der Waals surface area contributed by atoms with E-state index in [-0.39, 0.29) is 19.1 Å². The second kappa shape index (κ2) is 6.03. The number of nitrogens with zero attached hydrogens (tertiary/aromatic N) is 1. The average Bonchev–Trinajstić information content (AvgIpc) is 2.59. The van der Waals surface area contributed by atoms with E-state index in [1.165, 1.54) is 16.2 Å². The summed E-state index contributed by atoms with van der Waals surface area (Å²) >= 11 is 7.35. The van der Waals surface area contributed by atoms with Gasteiger partial charge in [-0.1, -0.05) is 17.7 Å². The maximum atomic E-state index is 12.1. The van der Waals surface area contributed by atoms with Crippen molar-refractivity contribution in [3.05, 3.63) is 33.5 Å². The number of thiophene rings is 1. The molecule has 0 unspecified atom stereocenters. The van der Waals surface area contributed by atoms with Crippen LogP contribution in [-0.4, -0.2) is 35.6 Å². The predicted molar refractivity (Wildman–Crippen MR) is 67.3 cm³/mol. The molecule has 0 spiro atoms. The van der Waals surface area contributed by atoms with Crippen LogP contribution in [0.2, 0.25) is 5.02 Å². The molecule has 1 N–H and O–H groups in total. The third kappa shape index (κ3) is 2.84. The Morgan fingerprint density at radius 3 is 2.88 bits per heavy atom. The fourth-order valence-corrected chi connectivity index (χ4v) is 2.51. The van der Waals surface area contributed by atoms with E-state index in [9.17, 15) is 4.79 Å². The van der Waals surface area contributed by atoms with Crippen molar-refractivity contribution in [3.63, 3.8) is 0 Å². The molecular weight excluding hydrogens is 246 g/mol. The zero-order valence-electron chi connectivity index (χ0n) is 9.07. The predicted octanol–water partition coefficient (Wildman–Crippen LogP) is 2.33. The maximum absolute atomic E-state index is 12.1. The van der Waals surface area contributed by atoms with Gasteiger partial charge in [-0.15, -0.1) is 17.9 Å². The number of halogens is 1. The molecule has 1 aromatic heterocycles. The molecule has 5 heteroatoms. The highest BCUT2D eigenvalue weighted by Gasteiger charge is 2.19. The molecule has 0 radical (unpaired) electrons. The lowest BCUT2D eigenvalue weighted by atomic mass is 10.3. The van der Waals surface area contributed by atoms with Gasteiger partial charge in [0.05, 0.1) is 11.6 Å². The number of aliphatic hydroxyl groups excluding tert-OH is 1. The Kier molecular flexibility index (Phi) is 4.99. The molecular formula is C11H14ClNO2S. The lowest BCUT2D eigenvalue weighted by Gasteiger charge is -2.19. The van der Waals surface area contributed by atoms with Crippen molar-refractivity contribution in [2.24, 2.45) is 0 Å². The van der Waals surface area contributed by atoms with Crippen molar-refractivity contribution in [2.45, 2.75) is 6.92 Å². The standard InChI is InChI=1S/C11H14ClNO2S/c1-3-4-13(5-6-14)11(15)10-9(12)8(2)7-16-10/h3,7,14H,1,4-6H2,2H3. The first-order chi connectivity index (χ1) is 7.61. The van der Waals surface area contributed by atoms with Gasteiger partial charge in [-0.05, 0) is 17.9 Å². The zero-order valence-corrected chi connectivity index (χ0v) is 10.6. The number of amides is 1. The van der Waals surface area contributed by atoms with Gasteiger partial charge in [-0.25, -0.2) is 0 Å². The fourth-order valence-electron chi connectivity index (χ4n) is 1.27. The Bertz CT molecular complexity index is 389. The summed E-state index contributed by atoms with van der Waals surface area (Å²) in [5.74, 6) is -0.156. The molecule has 1 aromatic rings. The molecule has 0 aliphatic carbocycles. The molecule has 0 fully saturated rings. The summed E-state index contributed by atoms with van der Waals surface area (Å²) < 4.78 is 0. The van der Waals surface area contributed by atoms with Gasteiger partial charge in [0.25, 0.3) is 5.91 Å². The Labute approximate surface area is 104 Å². The molecule has 0 bridgehead atoms. The number of hydrogen-bond donors (Lipinski definition) is 1. The van der Waals surface area contributed by atoms with Crippen molar-refractivity contribution in [1.82, 2.24) is 4.90 Å². The summed E-state index contributed by atoms with van der Waals surface area (Å²) in [5, 5.41) is 11.2. The summed E-state index contributed by atoms with van der Waals surface area (Å²) in [6.07, 6.45) is 1.63. The summed E-state index contributed by atoms with van der Waals surface area (Å²) in [7, 11) is 0. The van der Waals surface area contributed by atoms with Crippen LogP contribution >= 0.6 is 22.9 Å². The molecule has 0 aliphatic rings. The van der Waals surface area contributed by atoms with Crippen LogP contribution in [-0.2, 0) is 0 Å². The van der Waals surface area contributed by atoms with Crippen molar-refractivity contribution in [3.8, 4) is 0 Å². The first-order valence-electron chi connectivity index (χ1n) is 4.86. The van der Waals surface area contributed by atoms with Gasteiger partial charge in [-0.2, -0.15) is 0 Å². The molecule has 1 rings (SSSR count). The number of hydrogen-bond acceptors (Lipinski definition) is 3. The van der Waals surface area contributed by atoms with E-state index in [0.29, 0.717) is 16.4 Å². The minimum atomic E-state index is -0.156. The summed E-state index contributed by atoms with van der Waals surface area (Å²) in [5.41, 5.74) is 0.901.